The second kappa shape index (κ2) is 7.08. The third-order valence-corrected chi connectivity index (χ3v) is 5.02. The van der Waals surface area contributed by atoms with Crippen LogP contribution in [0.1, 0.15) is 65.7 Å². The maximum absolute atomic E-state index is 3.73. The van der Waals surface area contributed by atoms with Crippen molar-refractivity contribution in [3.05, 3.63) is 0 Å². The fourth-order valence-electron chi connectivity index (χ4n) is 3.56. The van der Waals surface area contributed by atoms with Gasteiger partial charge in [-0.3, -0.25) is 0 Å². The summed E-state index contributed by atoms with van der Waals surface area (Å²) in [4.78, 5) is 2.74. The highest BCUT2D eigenvalue weighted by Crippen LogP contribution is 2.38. The van der Waals surface area contributed by atoms with Gasteiger partial charge in [-0.25, -0.2) is 0 Å². The second-order valence-corrected chi connectivity index (χ2v) is 7.37. The van der Waals surface area contributed by atoms with E-state index in [0.717, 1.165) is 5.92 Å². The van der Waals surface area contributed by atoms with Crippen molar-refractivity contribution in [1.82, 2.24) is 10.2 Å². The standard InChI is InChI=1S/C17H34N2/c1-4-19(12-16-8-9-16)14-17(13-18-15(2)3)10-6-5-7-11-17/h15-16,18H,4-14H2,1-3H3. The van der Waals surface area contributed by atoms with Crippen LogP contribution in [0.2, 0.25) is 0 Å². The van der Waals surface area contributed by atoms with E-state index in [4.69, 9.17) is 0 Å². The van der Waals surface area contributed by atoms with Crippen LogP contribution in [-0.4, -0.2) is 37.1 Å². The maximum atomic E-state index is 3.73. The average molecular weight is 266 g/mol. The lowest BCUT2D eigenvalue weighted by molar-refractivity contribution is 0.100. The maximum Gasteiger partial charge on any atom is 0.00501 e. The van der Waals surface area contributed by atoms with Crippen LogP contribution in [0.4, 0.5) is 0 Å². The highest BCUT2D eigenvalue weighted by molar-refractivity contribution is 4.89. The molecule has 0 radical (unpaired) electrons. The monoisotopic (exact) mass is 266 g/mol. The summed E-state index contributed by atoms with van der Waals surface area (Å²) in [6.45, 7) is 12.1. The van der Waals surface area contributed by atoms with Gasteiger partial charge in [-0.15, -0.1) is 0 Å². The van der Waals surface area contributed by atoms with Gasteiger partial charge >= 0.3 is 0 Å². The fraction of sp³-hybridized carbons (Fsp3) is 1.00. The molecule has 0 aromatic carbocycles. The Morgan fingerprint density at radius 1 is 1.16 bits per heavy atom. The number of hydrogen-bond donors (Lipinski definition) is 1. The van der Waals surface area contributed by atoms with E-state index in [9.17, 15) is 0 Å². The lowest BCUT2D eigenvalue weighted by Crippen LogP contribution is -2.47. The molecule has 0 heterocycles. The Labute approximate surface area is 120 Å². The van der Waals surface area contributed by atoms with Gasteiger partial charge in [0.05, 0.1) is 0 Å². The first-order chi connectivity index (χ1) is 9.13. The van der Waals surface area contributed by atoms with Crippen LogP contribution in [0.25, 0.3) is 0 Å². The highest BCUT2D eigenvalue weighted by Gasteiger charge is 2.35. The fourth-order valence-corrected chi connectivity index (χ4v) is 3.56. The SMILES string of the molecule is CCN(CC1CC1)CC1(CNC(C)C)CCCCC1. The van der Waals surface area contributed by atoms with Gasteiger partial charge in [0.25, 0.3) is 0 Å². The summed E-state index contributed by atoms with van der Waals surface area (Å²) in [6.07, 6.45) is 10.2. The van der Waals surface area contributed by atoms with Gasteiger partial charge in [-0.05, 0) is 43.6 Å². The first kappa shape index (κ1) is 15.3. The molecule has 0 aliphatic heterocycles. The van der Waals surface area contributed by atoms with Crippen molar-refractivity contribution in [2.24, 2.45) is 11.3 Å². The van der Waals surface area contributed by atoms with Crippen LogP contribution >= 0.6 is 0 Å². The van der Waals surface area contributed by atoms with Gasteiger partial charge in [-0.1, -0.05) is 40.0 Å². The minimum absolute atomic E-state index is 0.563. The Kier molecular flexibility index (Phi) is 5.70. The first-order valence-electron chi connectivity index (χ1n) is 8.59. The van der Waals surface area contributed by atoms with Crippen molar-refractivity contribution >= 4 is 0 Å². The second-order valence-electron chi connectivity index (χ2n) is 7.37. The molecular formula is C17H34N2. The molecule has 19 heavy (non-hydrogen) atoms. The van der Waals surface area contributed by atoms with E-state index in [1.54, 1.807) is 0 Å². The molecule has 0 bridgehead atoms. The molecule has 0 atom stereocenters. The van der Waals surface area contributed by atoms with Gasteiger partial charge in [0.1, 0.15) is 0 Å². The van der Waals surface area contributed by atoms with Gasteiger partial charge in [-0.2, -0.15) is 0 Å². The molecule has 2 fully saturated rings. The van der Waals surface area contributed by atoms with E-state index in [1.165, 1.54) is 71.1 Å². The van der Waals surface area contributed by atoms with Crippen molar-refractivity contribution < 1.29 is 0 Å². The summed E-state index contributed by atoms with van der Waals surface area (Å²) in [7, 11) is 0. The Morgan fingerprint density at radius 2 is 1.84 bits per heavy atom. The quantitative estimate of drug-likeness (QED) is 0.721. The molecule has 2 saturated carbocycles. The predicted molar refractivity (Wildman–Crippen MR) is 83.5 cm³/mol. The number of nitrogens with zero attached hydrogens (tertiary/aromatic N) is 1. The van der Waals surface area contributed by atoms with Crippen LogP contribution < -0.4 is 5.32 Å². The van der Waals surface area contributed by atoms with E-state index in [0.29, 0.717) is 11.5 Å². The Hall–Kier alpha value is -0.0800. The summed E-state index contributed by atoms with van der Waals surface area (Å²) in [5.41, 5.74) is 0.563. The number of rotatable bonds is 8. The summed E-state index contributed by atoms with van der Waals surface area (Å²) in [6, 6.07) is 0.623. The van der Waals surface area contributed by atoms with Crippen LogP contribution in [-0.2, 0) is 0 Å². The molecular weight excluding hydrogens is 232 g/mol. The smallest absolute Gasteiger partial charge is 0.00501 e. The van der Waals surface area contributed by atoms with E-state index >= 15 is 0 Å². The molecule has 1 N–H and O–H groups in total. The largest absolute Gasteiger partial charge is 0.314 e. The van der Waals surface area contributed by atoms with Gasteiger partial charge in [0.2, 0.25) is 0 Å². The predicted octanol–water partition coefficient (Wildman–Crippen LogP) is 3.67. The Bertz CT molecular complexity index is 252. The molecule has 112 valence electrons. The van der Waals surface area contributed by atoms with Crippen LogP contribution in [0.5, 0.6) is 0 Å². The molecule has 2 aliphatic carbocycles. The molecule has 2 nitrogen and oxygen atoms in total. The van der Waals surface area contributed by atoms with E-state index in [-0.39, 0.29) is 0 Å². The summed E-state index contributed by atoms with van der Waals surface area (Å²) >= 11 is 0. The molecule has 0 aromatic rings. The van der Waals surface area contributed by atoms with Gasteiger partial charge in [0.15, 0.2) is 0 Å². The van der Waals surface area contributed by atoms with Crippen LogP contribution in [0.3, 0.4) is 0 Å². The topological polar surface area (TPSA) is 15.3 Å². The molecule has 0 amide bonds. The van der Waals surface area contributed by atoms with Crippen molar-refractivity contribution in [2.75, 3.05) is 26.2 Å². The molecule has 0 aromatic heterocycles. The van der Waals surface area contributed by atoms with E-state index < -0.39 is 0 Å². The molecule has 0 unspecified atom stereocenters. The van der Waals surface area contributed by atoms with Crippen LogP contribution in [0.15, 0.2) is 0 Å². The highest BCUT2D eigenvalue weighted by atomic mass is 15.1. The zero-order valence-electron chi connectivity index (χ0n) is 13.4. The minimum Gasteiger partial charge on any atom is -0.314 e. The molecule has 0 saturated heterocycles. The Balaban J connectivity index is 1.90. The van der Waals surface area contributed by atoms with E-state index in [1.807, 2.05) is 0 Å². The first-order valence-corrected chi connectivity index (χ1v) is 8.59. The van der Waals surface area contributed by atoms with Crippen molar-refractivity contribution in [3.63, 3.8) is 0 Å². The molecule has 2 heteroatoms. The lowest BCUT2D eigenvalue weighted by atomic mass is 9.73. The van der Waals surface area contributed by atoms with E-state index in [2.05, 4.69) is 31.0 Å². The number of hydrogen-bond acceptors (Lipinski definition) is 2. The van der Waals surface area contributed by atoms with Crippen molar-refractivity contribution in [1.29, 1.82) is 0 Å². The summed E-state index contributed by atoms with van der Waals surface area (Å²) in [5, 5.41) is 3.73. The zero-order chi connectivity index (χ0) is 13.7. The summed E-state index contributed by atoms with van der Waals surface area (Å²) in [5.74, 6) is 1.03. The van der Waals surface area contributed by atoms with Crippen molar-refractivity contribution in [2.45, 2.75) is 71.8 Å². The third-order valence-electron chi connectivity index (χ3n) is 5.02. The number of nitrogens with one attached hydrogen (secondary N) is 1. The normalized spacial score (nSPS) is 23.2. The molecule has 0 spiro atoms. The average Bonchev–Trinajstić information content (AvgIpc) is 3.21. The summed E-state index contributed by atoms with van der Waals surface area (Å²) < 4.78 is 0. The zero-order valence-corrected chi connectivity index (χ0v) is 13.4. The van der Waals surface area contributed by atoms with Crippen molar-refractivity contribution in [3.8, 4) is 0 Å². The van der Waals surface area contributed by atoms with Gasteiger partial charge in [0, 0.05) is 25.7 Å². The lowest BCUT2D eigenvalue weighted by Gasteiger charge is -2.42. The third kappa shape index (κ3) is 5.07. The minimum atomic E-state index is 0.563. The molecule has 2 aliphatic rings. The Morgan fingerprint density at radius 3 is 2.37 bits per heavy atom. The molecule has 2 rings (SSSR count). The van der Waals surface area contributed by atoms with Gasteiger partial charge < -0.3 is 10.2 Å². The van der Waals surface area contributed by atoms with Crippen LogP contribution in [0, 0.1) is 11.3 Å².